The Bertz CT molecular complexity index is 950. The number of carbonyl (C=O) groups is 2. The molecule has 2 N–H and O–H groups in total. The van der Waals surface area contributed by atoms with Crippen LogP contribution in [0.5, 0.6) is 11.5 Å². The first-order chi connectivity index (χ1) is 14.1. The van der Waals surface area contributed by atoms with Crippen LogP contribution in [0.15, 0.2) is 36.4 Å². The van der Waals surface area contributed by atoms with Crippen LogP contribution >= 0.6 is 12.4 Å². The van der Waals surface area contributed by atoms with E-state index in [2.05, 4.69) is 22.8 Å². The summed E-state index contributed by atoms with van der Waals surface area (Å²) in [5.41, 5.74) is 4.31. The summed E-state index contributed by atoms with van der Waals surface area (Å²) in [6, 6.07) is 11.6. The third-order valence-electron chi connectivity index (χ3n) is 5.54. The molecular weight excluding hydrogens is 406 g/mol. The maximum Gasteiger partial charge on any atom is 0.227 e. The van der Waals surface area contributed by atoms with Gasteiger partial charge in [0.05, 0.1) is 25.8 Å². The summed E-state index contributed by atoms with van der Waals surface area (Å²) >= 11 is 0. The van der Waals surface area contributed by atoms with Crippen LogP contribution in [-0.4, -0.2) is 32.6 Å². The van der Waals surface area contributed by atoms with Crippen molar-refractivity contribution in [2.75, 3.05) is 25.7 Å². The van der Waals surface area contributed by atoms with E-state index < -0.39 is 0 Å². The Morgan fingerprint density at radius 3 is 2.70 bits per heavy atom. The van der Waals surface area contributed by atoms with Crippen molar-refractivity contribution >= 4 is 29.9 Å². The Labute approximate surface area is 182 Å². The lowest BCUT2D eigenvalue weighted by Crippen LogP contribution is -2.32. The number of fused-ring (bicyclic) bond motifs is 1. The summed E-state index contributed by atoms with van der Waals surface area (Å²) in [6.45, 7) is 2.56. The van der Waals surface area contributed by atoms with Gasteiger partial charge in [-0.25, -0.2) is 0 Å². The zero-order chi connectivity index (χ0) is 20.4. The SMILES string of the molecule is COc1ccc(N2CC(C(=O)NCc3ccc4c(c3)CNC4)CC2=O)c(OC)c1.Cl. The fraction of sp³-hybridized carbons (Fsp3) is 0.364. The number of nitrogens with one attached hydrogen (secondary N) is 2. The molecule has 8 heteroatoms. The van der Waals surface area contributed by atoms with Gasteiger partial charge in [-0.15, -0.1) is 12.4 Å². The molecule has 0 saturated carbocycles. The van der Waals surface area contributed by atoms with Gasteiger partial charge in [0, 0.05) is 38.7 Å². The van der Waals surface area contributed by atoms with E-state index in [4.69, 9.17) is 9.47 Å². The van der Waals surface area contributed by atoms with Gasteiger partial charge in [0.2, 0.25) is 11.8 Å². The minimum atomic E-state index is -0.384. The molecule has 2 aromatic rings. The summed E-state index contributed by atoms with van der Waals surface area (Å²) in [4.78, 5) is 26.9. The van der Waals surface area contributed by atoms with Crippen LogP contribution in [-0.2, 0) is 29.2 Å². The average molecular weight is 432 g/mol. The molecule has 2 aromatic carbocycles. The highest BCUT2D eigenvalue weighted by Crippen LogP contribution is 2.35. The molecule has 1 atom stereocenters. The van der Waals surface area contributed by atoms with Crippen LogP contribution in [0.3, 0.4) is 0 Å². The molecule has 2 heterocycles. The molecule has 0 bridgehead atoms. The second-order valence-electron chi connectivity index (χ2n) is 7.37. The van der Waals surface area contributed by atoms with E-state index in [1.165, 1.54) is 11.1 Å². The van der Waals surface area contributed by atoms with Crippen molar-refractivity contribution in [2.24, 2.45) is 5.92 Å². The Kier molecular flexibility index (Phi) is 6.84. The molecule has 2 aliphatic heterocycles. The number of carbonyl (C=O) groups excluding carboxylic acids is 2. The van der Waals surface area contributed by atoms with Gasteiger partial charge < -0.3 is 25.0 Å². The largest absolute Gasteiger partial charge is 0.497 e. The standard InChI is InChI=1S/C22H25N3O4.ClH/c1-28-18-5-6-19(20(9-18)29-2)25-13-17(8-21(25)26)22(27)24-10-14-3-4-15-11-23-12-16(15)7-14;/h3-7,9,17,23H,8,10-13H2,1-2H3,(H,24,27);1H. The first-order valence-corrected chi connectivity index (χ1v) is 9.70. The van der Waals surface area contributed by atoms with Crippen molar-refractivity contribution in [3.8, 4) is 11.5 Å². The molecule has 30 heavy (non-hydrogen) atoms. The molecule has 4 rings (SSSR count). The van der Waals surface area contributed by atoms with Crippen LogP contribution in [0.25, 0.3) is 0 Å². The highest BCUT2D eigenvalue weighted by molar-refractivity contribution is 6.01. The van der Waals surface area contributed by atoms with Gasteiger partial charge in [-0.2, -0.15) is 0 Å². The zero-order valence-corrected chi connectivity index (χ0v) is 17.9. The molecule has 2 amide bonds. The fourth-order valence-electron chi connectivity index (χ4n) is 3.92. The monoisotopic (exact) mass is 431 g/mol. The normalized spacial score (nSPS) is 17.3. The molecular formula is C22H26ClN3O4. The van der Waals surface area contributed by atoms with Crippen molar-refractivity contribution in [3.05, 3.63) is 53.1 Å². The maximum absolute atomic E-state index is 12.7. The van der Waals surface area contributed by atoms with Crippen molar-refractivity contribution in [3.63, 3.8) is 0 Å². The molecule has 160 valence electrons. The average Bonchev–Trinajstić information content (AvgIpc) is 3.37. The summed E-state index contributed by atoms with van der Waals surface area (Å²) in [5.74, 6) is 0.621. The van der Waals surface area contributed by atoms with Crippen molar-refractivity contribution in [2.45, 2.75) is 26.1 Å². The second-order valence-corrected chi connectivity index (χ2v) is 7.37. The van der Waals surface area contributed by atoms with Crippen LogP contribution in [0.4, 0.5) is 5.69 Å². The summed E-state index contributed by atoms with van der Waals surface area (Å²) in [5, 5.41) is 6.30. The van der Waals surface area contributed by atoms with Crippen LogP contribution in [0, 0.1) is 5.92 Å². The third-order valence-corrected chi connectivity index (χ3v) is 5.54. The van der Waals surface area contributed by atoms with E-state index in [-0.39, 0.29) is 36.6 Å². The van der Waals surface area contributed by atoms with E-state index in [9.17, 15) is 9.59 Å². The Morgan fingerprint density at radius 2 is 1.93 bits per heavy atom. The zero-order valence-electron chi connectivity index (χ0n) is 17.1. The molecule has 0 aliphatic carbocycles. The number of amides is 2. The quantitative estimate of drug-likeness (QED) is 0.734. The van der Waals surface area contributed by atoms with Gasteiger partial charge in [0.25, 0.3) is 0 Å². The van der Waals surface area contributed by atoms with Gasteiger partial charge in [0.1, 0.15) is 11.5 Å². The summed E-state index contributed by atoms with van der Waals surface area (Å²) in [7, 11) is 3.13. The van der Waals surface area contributed by atoms with Crippen molar-refractivity contribution < 1.29 is 19.1 Å². The van der Waals surface area contributed by atoms with E-state index in [0.717, 1.165) is 18.7 Å². The number of benzene rings is 2. The van der Waals surface area contributed by atoms with Crippen molar-refractivity contribution in [1.82, 2.24) is 10.6 Å². The highest BCUT2D eigenvalue weighted by atomic mass is 35.5. The van der Waals surface area contributed by atoms with Gasteiger partial charge in [-0.3, -0.25) is 9.59 Å². The van der Waals surface area contributed by atoms with Gasteiger partial charge in [0.15, 0.2) is 0 Å². The first kappa shape index (κ1) is 21.9. The minimum absolute atomic E-state index is 0. The smallest absolute Gasteiger partial charge is 0.227 e. The Hall–Kier alpha value is -2.77. The number of halogens is 1. The highest BCUT2D eigenvalue weighted by Gasteiger charge is 2.36. The molecule has 1 fully saturated rings. The molecule has 7 nitrogen and oxygen atoms in total. The van der Waals surface area contributed by atoms with E-state index >= 15 is 0 Å². The topological polar surface area (TPSA) is 79.9 Å². The molecule has 1 saturated heterocycles. The van der Waals surface area contributed by atoms with Crippen LogP contribution in [0.2, 0.25) is 0 Å². The van der Waals surface area contributed by atoms with E-state index in [1.54, 1.807) is 37.3 Å². The number of methoxy groups -OCH3 is 2. The number of rotatable bonds is 6. The van der Waals surface area contributed by atoms with E-state index in [0.29, 0.717) is 30.3 Å². The lowest BCUT2D eigenvalue weighted by molar-refractivity contribution is -0.126. The van der Waals surface area contributed by atoms with Crippen LogP contribution in [0.1, 0.15) is 23.1 Å². The molecule has 0 aromatic heterocycles. The Morgan fingerprint density at radius 1 is 1.13 bits per heavy atom. The third kappa shape index (κ3) is 4.37. The fourth-order valence-corrected chi connectivity index (χ4v) is 3.92. The summed E-state index contributed by atoms with van der Waals surface area (Å²) < 4.78 is 10.6. The molecule has 1 unspecified atom stereocenters. The Balaban J connectivity index is 0.00000256. The first-order valence-electron chi connectivity index (χ1n) is 9.70. The molecule has 0 spiro atoms. The van der Waals surface area contributed by atoms with Gasteiger partial charge >= 0.3 is 0 Å². The molecule has 0 radical (unpaired) electrons. The predicted octanol–water partition coefficient (Wildman–Crippen LogP) is 2.40. The maximum atomic E-state index is 12.7. The van der Waals surface area contributed by atoms with Gasteiger partial charge in [-0.1, -0.05) is 18.2 Å². The predicted molar refractivity (Wildman–Crippen MR) is 116 cm³/mol. The van der Waals surface area contributed by atoms with E-state index in [1.807, 2.05) is 6.07 Å². The number of hydrogen-bond acceptors (Lipinski definition) is 5. The number of hydrogen-bond donors (Lipinski definition) is 2. The number of anilines is 1. The van der Waals surface area contributed by atoms with Gasteiger partial charge in [-0.05, 0) is 28.8 Å². The second kappa shape index (κ2) is 9.36. The molecule has 2 aliphatic rings. The minimum Gasteiger partial charge on any atom is -0.497 e. The number of nitrogens with zero attached hydrogens (tertiary/aromatic N) is 1. The lowest BCUT2D eigenvalue weighted by atomic mass is 10.1. The van der Waals surface area contributed by atoms with Crippen LogP contribution < -0.4 is 25.0 Å². The number of ether oxygens (including phenoxy) is 2. The lowest BCUT2D eigenvalue weighted by Gasteiger charge is -2.20. The summed E-state index contributed by atoms with van der Waals surface area (Å²) in [6.07, 6.45) is 0.190. The van der Waals surface area contributed by atoms with Crippen molar-refractivity contribution in [1.29, 1.82) is 0 Å².